The molecular weight excluding hydrogens is 302 g/mol. The van der Waals surface area contributed by atoms with Crippen molar-refractivity contribution in [3.8, 4) is 6.07 Å². The van der Waals surface area contributed by atoms with E-state index in [-0.39, 0.29) is 19.1 Å². The van der Waals surface area contributed by atoms with E-state index in [1.807, 2.05) is 42.7 Å². The Morgan fingerprint density at radius 2 is 2.09 bits per heavy atom. The highest BCUT2D eigenvalue weighted by Crippen LogP contribution is 2.03. The highest BCUT2D eigenvalue weighted by atomic mass is 32.2. The van der Waals surface area contributed by atoms with Gasteiger partial charge in [-0.3, -0.25) is 4.79 Å². The fourth-order valence-electron chi connectivity index (χ4n) is 1.66. The number of alkyl carbamates (subject to hydrolysis) is 1. The van der Waals surface area contributed by atoms with Gasteiger partial charge >= 0.3 is 6.09 Å². The number of carbonyl (C=O) groups excluding carboxylic acids is 2. The third-order valence-electron chi connectivity index (χ3n) is 2.77. The number of nitrogens with one attached hydrogen (secondary N) is 2. The molecule has 7 heteroatoms. The van der Waals surface area contributed by atoms with Crippen molar-refractivity contribution in [3.63, 3.8) is 0 Å². The van der Waals surface area contributed by atoms with Gasteiger partial charge in [-0.05, 0) is 24.0 Å². The van der Waals surface area contributed by atoms with E-state index in [2.05, 4.69) is 10.6 Å². The average molecular weight is 321 g/mol. The highest BCUT2D eigenvalue weighted by molar-refractivity contribution is 7.98. The summed E-state index contributed by atoms with van der Waals surface area (Å²) in [6, 6.07) is 10.4. The molecule has 22 heavy (non-hydrogen) atoms. The van der Waals surface area contributed by atoms with Gasteiger partial charge in [0.2, 0.25) is 5.91 Å². The molecule has 0 unspecified atom stereocenters. The molecule has 6 nitrogen and oxygen atoms in total. The van der Waals surface area contributed by atoms with Crippen molar-refractivity contribution in [1.29, 1.82) is 5.26 Å². The van der Waals surface area contributed by atoms with Crippen LogP contribution in [0.5, 0.6) is 0 Å². The zero-order chi connectivity index (χ0) is 16.2. The molecule has 1 aromatic rings. The SMILES string of the molecule is CSCC[C@@H](NC(=O)OCc1ccccc1)C(=O)NCC#N. The number of ether oxygens (including phenoxy) is 1. The molecule has 0 heterocycles. The van der Waals surface area contributed by atoms with Gasteiger partial charge in [0.25, 0.3) is 0 Å². The molecule has 0 saturated heterocycles. The fraction of sp³-hybridized carbons (Fsp3) is 0.400. The van der Waals surface area contributed by atoms with Crippen molar-refractivity contribution in [3.05, 3.63) is 35.9 Å². The molecule has 2 N–H and O–H groups in total. The van der Waals surface area contributed by atoms with E-state index in [0.717, 1.165) is 5.56 Å². The Kier molecular flexibility index (Phi) is 8.53. The van der Waals surface area contributed by atoms with Crippen LogP contribution >= 0.6 is 11.8 Å². The predicted molar refractivity (Wildman–Crippen MR) is 85.2 cm³/mol. The number of amides is 2. The molecule has 1 rings (SSSR count). The standard InChI is InChI=1S/C15H19N3O3S/c1-22-10-7-13(14(19)17-9-8-16)18-15(20)21-11-12-5-3-2-4-6-12/h2-6,13H,7,9-11H2,1H3,(H,17,19)(H,18,20)/t13-/m1/s1. The summed E-state index contributed by atoms with van der Waals surface area (Å²) in [4.78, 5) is 23.7. The number of hydrogen-bond acceptors (Lipinski definition) is 5. The molecule has 0 radical (unpaired) electrons. The Labute approximate surface area is 134 Å². The van der Waals surface area contributed by atoms with Crippen molar-refractivity contribution >= 4 is 23.8 Å². The van der Waals surface area contributed by atoms with Gasteiger partial charge in [-0.25, -0.2) is 4.79 Å². The molecule has 0 saturated carbocycles. The van der Waals surface area contributed by atoms with E-state index in [1.165, 1.54) is 0 Å². The van der Waals surface area contributed by atoms with Crippen molar-refractivity contribution < 1.29 is 14.3 Å². The Bertz CT molecular complexity index is 517. The molecule has 0 aromatic heterocycles. The normalized spacial score (nSPS) is 11.1. The van der Waals surface area contributed by atoms with E-state index in [1.54, 1.807) is 11.8 Å². The van der Waals surface area contributed by atoms with Crippen LogP contribution in [-0.4, -0.2) is 36.6 Å². The summed E-state index contributed by atoms with van der Waals surface area (Å²) in [5, 5.41) is 13.5. The van der Waals surface area contributed by atoms with Crippen LogP contribution < -0.4 is 10.6 Å². The van der Waals surface area contributed by atoms with Crippen LogP contribution in [0.2, 0.25) is 0 Å². The molecule has 1 atom stereocenters. The number of hydrogen-bond donors (Lipinski definition) is 2. The summed E-state index contributed by atoms with van der Waals surface area (Å²) in [5.41, 5.74) is 0.868. The number of nitrogens with zero attached hydrogens (tertiary/aromatic N) is 1. The Hall–Kier alpha value is -2.20. The van der Waals surface area contributed by atoms with Crippen LogP contribution in [0.4, 0.5) is 4.79 Å². The Morgan fingerprint density at radius 3 is 2.73 bits per heavy atom. The fourth-order valence-corrected chi connectivity index (χ4v) is 2.13. The minimum atomic E-state index is -0.705. The maximum Gasteiger partial charge on any atom is 0.408 e. The van der Waals surface area contributed by atoms with Crippen molar-refractivity contribution in [2.45, 2.75) is 19.1 Å². The van der Waals surface area contributed by atoms with E-state index in [9.17, 15) is 9.59 Å². The van der Waals surface area contributed by atoms with E-state index in [0.29, 0.717) is 12.2 Å². The van der Waals surface area contributed by atoms with Gasteiger partial charge in [0.05, 0.1) is 6.07 Å². The third kappa shape index (κ3) is 6.99. The molecule has 0 spiro atoms. The van der Waals surface area contributed by atoms with Gasteiger partial charge in [-0.1, -0.05) is 30.3 Å². The lowest BCUT2D eigenvalue weighted by Gasteiger charge is -2.17. The predicted octanol–water partition coefficient (Wildman–Crippen LogP) is 1.67. The lowest BCUT2D eigenvalue weighted by Crippen LogP contribution is -2.47. The second-order valence-electron chi connectivity index (χ2n) is 4.42. The van der Waals surface area contributed by atoms with Gasteiger partial charge in [-0.15, -0.1) is 0 Å². The number of carbonyl (C=O) groups is 2. The van der Waals surface area contributed by atoms with Crippen LogP contribution in [-0.2, 0) is 16.1 Å². The van der Waals surface area contributed by atoms with Gasteiger partial charge in [0.1, 0.15) is 19.2 Å². The maximum absolute atomic E-state index is 11.9. The maximum atomic E-state index is 11.9. The summed E-state index contributed by atoms with van der Waals surface area (Å²) in [7, 11) is 0. The second kappa shape index (κ2) is 10.5. The quantitative estimate of drug-likeness (QED) is 0.711. The van der Waals surface area contributed by atoms with Crippen LogP contribution in [0.15, 0.2) is 30.3 Å². The molecule has 0 bridgehead atoms. The molecule has 1 aromatic carbocycles. The molecular formula is C15H19N3O3S. The Balaban J connectivity index is 2.47. The Morgan fingerprint density at radius 1 is 1.36 bits per heavy atom. The smallest absolute Gasteiger partial charge is 0.408 e. The van der Waals surface area contributed by atoms with Crippen molar-refractivity contribution in [2.24, 2.45) is 0 Å². The zero-order valence-electron chi connectivity index (χ0n) is 12.4. The summed E-state index contributed by atoms with van der Waals surface area (Å²) in [6.45, 7) is 0.0527. The largest absolute Gasteiger partial charge is 0.445 e. The number of thioether (sulfide) groups is 1. The topological polar surface area (TPSA) is 91.2 Å². The van der Waals surface area contributed by atoms with Gasteiger partial charge in [0.15, 0.2) is 0 Å². The van der Waals surface area contributed by atoms with E-state index in [4.69, 9.17) is 10.00 Å². The minimum absolute atomic E-state index is 0.0880. The van der Waals surface area contributed by atoms with Gasteiger partial charge < -0.3 is 15.4 Å². The summed E-state index contributed by atoms with van der Waals surface area (Å²) >= 11 is 1.57. The number of rotatable bonds is 8. The van der Waals surface area contributed by atoms with Crippen molar-refractivity contribution in [1.82, 2.24) is 10.6 Å². The average Bonchev–Trinajstić information content (AvgIpc) is 2.55. The van der Waals surface area contributed by atoms with E-state index >= 15 is 0 Å². The first-order valence-corrected chi connectivity index (χ1v) is 8.17. The lowest BCUT2D eigenvalue weighted by atomic mass is 10.2. The molecule has 0 fully saturated rings. The first kappa shape index (κ1) is 17.9. The summed E-state index contributed by atoms with van der Waals surface area (Å²) in [6.07, 6.45) is 1.73. The first-order chi connectivity index (χ1) is 10.7. The van der Waals surface area contributed by atoms with Gasteiger partial charge in [-0.2, -0.15) is 17.0 Å². The summed E-state index contributed by atoms with van der Waals surface area (Å²) in [5.74, 6) is 0.330. The van der Waals surface area contributed by atoms with Crippen LogP contribution in [0, 0.1) is 11.3 Å². The second-order valence-corrected chi connectivity index (χ2v) is 5.40. The summed E-state index contributed by atoms with van der Waals surface area (Å²) < 4.78 is 5.09. The monoisotopic (exact) mass is 321 g/mol. The minimum Gasteiger partial charge on any atom is -0.445 e. The lowest BCUT2D eigenvalue weighted by molar-refractivity contribution is -0.122. The van der Waals surface area contributed by atoms with Crippen LogP contribution in [0.25, 0.3) is 0 Å². The van der Waals surface area contributed by atoms with Crippen molar-refractivity contribution in [2.75, 3.05) is 18.6 Å². The highest BCUT2D eigenvalue weighted by Gasteiger charge is 2.20. The van der Waals surface area contributed by atoms with Crippen LogP contribution in [0.3, 0.4) is 0 Å². The molecule has 0 aliphatic heterocycles. The molecule has 0 aliphatic rings. The van der Waals surface area contributed by atoms with Gasteiger partial charge in [0, 0.05) is 0 Å². The molecule has 118 valence electrons. The zero-order valence-corrected chi connectivity index (χ0v) is 13.2. The van der Waals surface area contributed by atoms with Crippen LogP contribution in [0.1, 0.15) is 12.0 Å². The number of benzene rings is 1. The molecule has 0 aliphatic carbocycles. The third-order valence-corrected chi connectivity index (χ3v) is 3.42. The van der Waals surface area contributed by atoms with E-state index < -0.39 is 12.1 Å². The first-order valence-electron chi connectivity index (χ1n) is 6.78. The number of nitriles is 1. The molecule has 2 amide bonds.